The first-order valence-electron chi connectivity index (χ1n) is 5.81. The van der Waals surface area contributed by atoms with E-state index in [2.05, 4.69) is 69.6 Å². The summed E-state index contributed by atoms with van der Waals surface area (Å²) in [7, 11) is 0. The Bertz CT molecular complexity index is 475. The molecule has 0 amide bonds. The van der Waals surface area contributed by atoms with Crippen molar-refractivity contribution in [1.82, 2.24) is 9.88 Å². The number of aromatic nitrogens is 1. The smallest absolute Gasteiger partial charge is 0.0564 e. The van der Waals surface area contributed by atoms with Gasteiger partial charge in [-0.3, -0.25) is 0 Å². The van der Waals surface area contributed by atoms with E-state index in [1.165, 1.54) is 14.9 Å². The van der Waals surface area contributed by atoms with E-state index < -0.39 is 0 Å². The van der Waals surface area contributed by atoms with E-state index in [1.807, 2.05) is 0 Å². The van der Waals surface area contributed by atoms with Gasteiger partial charge in [0, 0.05) is 33.2 Å². The molecule has 0 fully saturated rings. The molecule has 0 radical (unpaired) electrons. The van der Waals surface area contributed by atoms with E-state index in [1.54, 1.807) is 11.3 Å². The number of halogens is 1. The highest BCUT2D eigenvalue weighted by Gasteiger charge is 2.06. The lowest BCUT2D eigenvalue weighted by atomic mass is 10.2. The molecule has 0 aliphatic rings. The van der Waals surface area contributed by atoms with Crippen molar-refractivity contribution in [2.75, 3.05) is 6.54 Å². The summed E-state index contributed by atoms with van der Waals surface area (Å²) in [6.07, 6.45) is 4.37. The normalized spacial score (nSPS) is 12.9. The maximum atomic E-state index is 3.49. The van der Waals surface area contributed by atoms with Gasteiger partial charge in [-0.25, -0.2) is 0 Å². The van der Waals surface area contributed by atoms with Crippen molar-refractivity contribution in [3.8, 4) is 0 Å². The van der Waals surface area contributed by atoms with Crippen LogP contribution in [-0.2, 0) is 6.54 Å². The van der Waals surface area contributed by atoms with E-state index in [9.17, 15) is 0 Å². The fraction of sp³-hybridized carbons (Fsp3) is 0.385. The second-order valence-corrected chi connectivity index (χ2v) is 6.04. The molecule has 2 nitrogen and oxygen atoms in total. The van der Waals surface area contributed by atoms with Crippen LogP contribution in [0.2, 0.25) is 0 Å². The zero-order chi connectivity index (χ0) is 12.3. The lowest BCUT2D eigenvalue weighted by Crippen LogP contribution is -2.17. The number of thiophene rings is 1. The van der Waals surface area contributed by atoms with Crippen molar-refractivity contribution in [3.05, 3.63) is 44.8 Å². The standard InChI is InChI=1S/C13H17BrN2S/c1-3-15-10(2)11-4-5-16(7-11)8-13-6-12(14)9-17-13/h4-7,9-10,15H,3,8H2,1-2H3. The molecule has 1 N–H and O–H groups in total. The van der Waals surface area contributed by atoms with Gasteiger partial charge < -0.3 is 9.88 Å². The minimum Gasteiger partial charge on any atom is -0.349 e. The third kappa shape index (κ3) is 3.44. The molecule has 2 aromatic rings. The van der Waals surface area contributed by atoms with Gasteiger partial charge in [0.25, 0.3) is 0 Å². The van der Waals surface area contributed by atoms with Crippen molar-refractivity contribution >= 4 is 27.3 Å². The molecule has 0 aromatic carbocycles. The predicted octanol–water partition coefficient (Wildman–Crippen LogP) is 4.03. The van der Waals surface area contributed by atoms with Crippen molar-refractivity contribution in [2.24, 2.45) is 0 Å². The first-order chi connectivity index (χ1) is 8.19. The first kappa shape index (κ1) is 12.9. The van der Waals surface area contributed by atoms with E-state index in [0.717, 1.165) is 13.1 Å². The fourth-order valence-electron chi connectivity index (χ4n) is 1.85. The Morgan fingerprint density at radius 1 is 1.53 bits per heavy atom. The quantitative estimate of drug-likeness (QED) is 0.882. The third-order valence-electron chi connectivity index (χ3n) is 2.74. The lowest BCUT2D eigenvalue weighted by Gasteiger charge is -2.09. The van der Waals surface area contributed by atoms with Crippen LogP contribution in [-0.4, -0.2) is 11.1 Å². The summed E-state index contributed by atoms with van der Waals surface area (Å²) < 4.78 is 3.41. The highest BCUT2D eigenvalue weighted by atomic mass is 79.9. The molecule has 0 spiro atoms. The van der Waals surface area contributed by atoms with Crippen LogP contribution in [0.5, 0.6) is 0 Å². The highest BCUT2D eigenvalue weighted by molar-refractivity contribution is 9.10. The van der Waals surface area contributed by atoms with Crippen LogP contribution in [0.25, 0.3) is 0 Å². The van der Waals surface area contributed by atoms with Crippen molar-refractivity contribution < 1.29 is 0 Å². The zero-order valence-corrected chi connectivity index (χ0v) is 12.5. The Labute approximate surface area is 115 Å². The summed E-state index contributed by atoms with van der Waals surface area (Å²) >= 11 is 5.27. The van der Waals surface area contributed by atoms with Crippen LogP contribution in [0.3, 0.4) is 0 Å². The highest BCUT2D eigenvalue weighted by Crippen LogP contribution is 2.21. The minimum atomic E-state index is 0.427. The summed E-state index contributed by atoms with van der Waals surface area (Å²) in [5, 5.41) is 5.55. The SMILES string of the molecule is CCNC(C)c1ccn(Cc2cc(Br)cs2)c1. The summed E-state index contributed by atoms with van der Waals surface area (Å²) in [5.41, 5.74) is 1.35. The monoisotopic (exact) mass is 312 g/mol. The van der Waals surface area contributed by atoms with Gasteiger partial charge in [-0.2, -0.15) is 0 Å². The van der Waals surface area contributed by atoms with Gasteiger partial charge in [-0.05, 0) is 47.1 Å². The molecule has 0 aliphatic heterocycles. The van der Waals surface area contributed by atoms with Gasteiger partial charge in [0.15, 0.2) is 0 Å². The second-order valence-electron chi connectivity index (χ2n) is 4.13. The Kier molecular flexibility index (Phi) is 4.42. The minimum absolute atomic E-state index is 0.427. The maximum absolute atomic E-state index is 3.49. The number of rotatable bonds is 5. The molecule has 1 unspecified atom stereocenters. The summed E-state index contributed by atoms with van der Waals surface area (Å²) in [6.45, 7) is 6.29. The molecule has 2 heterocycles. The Morgan fingerprint density at radius 3 is 3.00 bits per heavy atom. The molecule has 4 heteroatoms. The zero-order valence-electron chi connectivity index (χ0n) is 10.1. The van der Waals surface area contributed by atoms with Crippen molar-refractivity contribution in [3.63, 3.8) is 0 Å². The van der Waals surface area contributed by atoms with Crippen molar-refractivity contribution in [1.29, 1.82) is 0 Å². The molecule has 0 saturated heterocycles. The van der Waals surface area contributed by atoms with Crippen molar-refractivity contribution in [2.45, 2.75) is 26.4 Å². The number of hydrogen-bond donors (Lipinski definition) is 1. The molecule has 92 valence electrons. The summed E-state index contributed by atoms with van der Waals surface area (Å²) in [6, 6.07) is 4.80. The molecule has 2 rings (SSSR count). The largest absolute Gasteiger partial charge is 0.349 e. The molecule has 1 atom stereocenters. The van der Waals surface area contributed by atoms with E-state index in [-0.39, 0.29) is 0 Å². The predicted molar refractivity (Wildman–Crippen MR) is 77.6 cm³/mol. The van der Waals surface area contributed by atoms with Gasteiger partial charge in [0.05, 0.1) is 6.54 Å². The van der Waals surface area contributed by atoms with Gasteiger partial charge in [0.2, 0.25) is 0 Å². The second kappa shape index (κ2) is 5.85. The molecule has 0 bridgehead atoms. The number of nitrogens with one attached hydrogen (secondary N) is 1. The van der Waals surface area contributed by atoms with Gasteiger partial charge in [0.1, 0.15) is 0 Å². The fourth-order valence-corrected chi connectivity index (χ4v) is 3.31. The Morgan fingerprint density at radius 2 is 2.35 bits per heavy atom. The van der Waals surface area contributed by atoms with Crippen LogP contribution < -0.4 is 5.32 Å². The molecular formula is C13H17BrN2S. The van der Waals surface area contributed by atoms with Gasteiger partial charge >= 0.3 is 0 Å². The molecule has 0 aliphatic carbocycles. The third-order valence-corrected chi connectivity index (χ3v) is 4.43. The first-order valence-corrected chi connectivity index (χ1v) is 7.48. The van der Waals surface area contributed by atoms with Crippen LogP contribution in [0, 0.1) is 0 Å². The average molecular weight is 313 g/mol. The maximum Gasteiger partial charge on any atom is 0.0564 e. The summed E-state index contributed by atoms with van der Waals surface area (Å²) in [5.74, 6) is 0. The number of nitrogens with zero attached hydrogens (tertiary/aromatic N) is 1. The Hall–Kier alpha value is -0.580. The topological polar surface area (TPSA) is 17.0 Å². The van der Waals surface area contributed by atoms with Gasteiger partial charge in [-0.1, -0.05) is 6.92 Å². The van der Waals surface area contributed by atoms with E-state index >= 15 is 0 Å². The van der Waals surface area contributed by atoms with Gasteiger partial charge in [-0.15, -0.1) is 11.3 Å². The number of hydrogen-bond acceptors (Lipinski definition) is 2. The van der Waals surface area contributed by atoms with E-state index in [0.29, 0.717) is 6.04 Å². The van der Waals surface area contributed by atoms with Crippen LogP contribution in [0.4, 0.5) is 0 Å². The van der Waals surface area contributed by atoms with Crippen LogP contribution in [0.15, 0.2) is 34.4 Å². The van der Waals surface area contributed by atoms with Crippen LogP contribution >= 0.6 is 27.3 Å². The molecular weight excluding hydrogens is 296 g/mol. The van der Waals surface area contributed by atoms with E-state index in [4.69, 9.17) is 0 Å². The molecule has 17 heavy (non-hydrogen) atoms. The molecule has 2 aromatic heterocycles. The Balaban J connectivity index is 2.03. The van der Waals surface area contributed by atoms with Crippen LogP contribution in [0.1, 0.15) is 30.3 Å². The summed E-state index contributed by atoms with van der Waals surface area (Å²) in [4.78, 5) is 1.37. The molecule has 0 saturated carbocycles. The average Bonchev–Trinajstić information content (AvgIpc) is 2.89. The lowest BCUT2D eigenvalue weighted by molar-refractivity contribution is 0.596.